The number of anilines is 1. The Hall–Kier alpha value is -4.26. The molecule has 2 heterocycles. The molecular formula is C24H16F2N4O. The first-order chi connectivity index (χ1) is 15.2. The van der Waals surface area contributed by atoms with Gasteiger partial charge < -0.3 is 4.42 Å². The second-order valence-corrected chi connectivity index (χ2v) is 6.86. The normalized spacial score (nSPS) is 11.4. The van der Waals surface area contributed by atoms with Crippen LogP contribution in [-0.4, -0.2) is 16.0 Å². The van der Waals surface area contributed by atoms with Crippen LogP contribution < -0.4 is 5.43 Å². The molecule has 0 aliphatic heterocycles. The van der Waals surface area contributed by atoms with Crippen molar-refractivity contribution in [3.05, 3.63) is 102 Å². The van der Waals surface area contributed by atoms with Crippen molar-refractivity contribution >= 4 is 22.9 Å². The number of fused-ring (bicyclic) bond motifs is 1. The number of para-hydroxylation sites is 2. The molecule has 0 spiro atoms. The molecule has 0 fully saturated rings. The first kappa shape index (κ1) is 18.7. The zero-order valence-corrected chi connectivity index (χ0v) is 16.2. The van der Waals surface area contributed by atoms with Crippen LogP contribution in [0.15, 0.2) is 94.6 Å². The summed E-state index contributed by atoms with van der Waals surface area (Å²) in [4.78, 5) is 0. The Kier molecular flexibility index (Phi) is 4.76. The average Bonchev–Trinajstić information content (AvgIpc) is 3.40. The Labute approximate surface area is 176 Å². The number of aromatic nitrogens is 2. The molecule has 31 heavy (non-hydrogen) atoms. The van der Waals surface area contributed by atoms with Gasteiger partial charge in [-0.1, -0.05) is 36.4 Å². The van der Waals surface area contributed by atoms with Crippen molar-refractivity contribution < 1.29 is 13.2 Å². The lowest BCUT2D eigenvalue weighted by atomic mass is 10.2. The van der Waals surface area contributed by atoms with Crippen LogP contribution in [0, 0.1) is 11.6 Å². The second-order valence-electron chi connectivity index (χ2n) is 6.86. The average molecular weight is 414 g/mol. The molecule has 152 valence electrons. The van der Waals surface area contributed by atoms with E-state index < -0.39 is 11.6 Å². The minimum atomic E-state index is -0.727. The zero-order valence-electron chi connectivity index (χ0n) is 16.2. The van der Waals surface area contributed by atoms with Gasteiger partial charge in [0.05, 0.1) is 17.6 Å². The number of halogens is 2. The maximum atomic E-state index is 13.9. The Bertz CT molecular complexity index is 1360. The van der Waals surface area contributed by atoms with E-state index in [9.17, 15) is 8.78 Å². The topological polar surface area (TPSA) is 55.4 Å². The Morgan fingerprint density at radius 2 is 1.74 bits per heavy atom. The van der Waals surface area contributed by atoms with Crippen LogP contribution in [0.25, 0.3) is 28.1 Å². The Balaban J connectivity index is 1.53. The predicted octanol–water partition coefficient (Wildman–Crippen LogP) is 6.01. The van der Waals surface area contributed by atoms with Gasteiger partial charge in [-0.2, -0.15) is 10.2 Å². The summed E-state index contributed by atoms with van der Waals surface area (Å²) in [5.41, 5.74) is 5.55. The van der Waals surface area contributed by atoms with Gasteiger partial charge in [-0.25, -0.2) is 13.5 Å². The molecule has 0 aliphatic carbocycles. The molecule has 0 radical (unpaired) electrons. The van der Waals surface area contributed by atoms with Gasteiger partial charge in [-0.15, -0.1) is 0 Å². The first-order valence-corrected chi connectivity index (χ1v) is 9.55. The summed E-state index contributed by atoms with van der Waals surface area (Å²) in [5, 5.41) is 9.76. The molecule has 2 aromatic heterocycles. The van der Waals surface area contributed by atoms with E-state index >= 15 is 0 Å². The minimum absolute atomic E-state index is 0.0680. The molecular weight excluding hydrogens is 398 g/mol. The van der Waals surface area contributed by atoms with E-state index in [1.165, 1.54) is 12.3 Å². The summed E-state index contributed by atoms with van der Waals surface area (Å²) in [6, 6.07) is 22.5. The van der Waals surface area contributed by atoms with Crippen molar-refractivity contribution in [2.45, 2.75) is 0 Å². The number of hydrogen-bond donors (Lipinski definition) is 1. The molecule has 0 bridgehead atoms. The summed E-state index contributed by atoms with van der Waals surface area (Å²) < 4.78 is 34.7. The third kappa shape index (κ3) is 3.81. The summed E-state index contributed by atoms with van der Waals surface area (Å²) in [5.74, 6) is -0.789. The predicted molar refractivity (Wildman–Crippen MR) is 116 cm³/mol. The number of hydrogen-bond acceptors (Lipinski definition) is 4. The highest BCUT2D eigenvalue weighted by molar-refractivity contribution is 5.91. The molecule has 0 aliphatic rings. The monoisotopic (exact) mass is 414 g/mol. The van der Waals surface area contributed by atoms with E-state index in [-0.39, 0.29) is 5.69 Å². The zero-order chi connectivity index (χ0) is 21.2. The lowest BCUT2D eigenvalue weighted by Crippen LogP contribution is -1.94. The summed E-state index contributed by atoms with van der Waals surface area (Å²) in [6.45, 7) is 0. The van der Waals surface area contributed by atoms with Gasteiger partial charge in [0.15, 0.2) is 11.6 Å². The van der Waals surface area contributed by atoms with Crippen LogP contribution in [0.1, 0.15) is 5.56 Å². The molecule has 1 N–H and O–H groups in total. The standard InChI is InChI=1S/C24H16F2N4O/c25-18-10-11-21(20(26)13-18)28-27-14-17-15-30(19-7-2-1-3-8-19)29-24(17)23-12-16-6-4-5-9-22(16)31-23/h1-15,28H. The molecule has 0 amide bonds. The van der Waals surface area contributed by atoms with Crippen molar-refractivity contribution in [2.24, 2.45) is 5.10 Å². The second kappa shape index (κ2) is 7.87. The number of furan rings is 1. The van der Waals surface area contributed by atoms with Gasteiger partial charge >= 0.3 is 0 Å². The van der Waals surface area contributed by atoms with Crippen LogP contribution in [-0.2, 0) is 0 Å². The summed E-state index contributed by atoms with van der Waals surface area (Å²) >= 11 is 0. The number of hydrazone groups is 1. The van der Waals surface area contributed by atoms with Crippen molar-refractivity contribution in [2.75, 3.05) is 5.43 Å². The van der Waals surface area contributed by atoms with Crippen molar-refractivity contribution in [3.8, 4) is 17.1 Å². The molecule has 7 heteroatoms. The van der Waals surface area contributed by atoms with Gasteiger partial charge in [-0.3, -0.25) is 5.43 Å². The van der Waals surface area contributed by atoms with Gasteiger partial charge in [0.1, 0.15) is 17.1 Å². The van der Waals surface area contributed by atoms with E-state index in [4.69, 9.17) is 4.42 Å². The SMILES string of the molecule is Fc1ccc(NN=Cc2cn(-c3ccccc3)nc2-c2cc3ccccc3o2)c(F)c1. The number of nitrogens with zero attached hydrogens (tertiary/aromatic N) is 3. The van der Waals surface area contributed by atoms with E-state index in [0.29, 0.717) is 17.0 Å². The maximum absolute atomic E-state index is 13.9. The molecule has 0 atom stereocenters. The van der Waals surface area contributed by atoms with Crippen LogP contribution >= 0.6 is 0 Å². The third-order valence-corrected chi connectivity index (χ3v) is 4.74. The lowest BCUT2D eigenvalue weighted by Gasteiger charge is -2.01. The molecule has 0 unspecified atom stereocenters. The summed E-state index contributed by atoms with van der Waals surface area (Å²) in [6.07, 6.45) is 3.34. The van der Waals surface area contributed by atoms with Crippen molar-refractivity contribution in [3.63, 3.8) is 0 Å². The fraction of sp³-hybridized carbons (Fsp3) is 0. The first-order valence-electron chi connectivity index (χ1n) is 9.55. The van der Waals surface area contributed by atoms with E-state index in [2.05, 4.69) is 15.6 Å². The van der Waals surface area contributed by atoms with E-state index in [1.807, 2.05) is 66.9 Å². The highest BCUT2D eigenvalue weighted by atomic mass is 19.1. The molecule has 0 saturated carbocycles. The van der Waals surface area contributed by atoms with Crippen molar-refractivity contribution in [1.29, 1.82) is 0 Å². The molecule has 5 rings (SSSR count). The number of rotatable bonds is 5. The quantitative estimate of drug-likeness (QED) is 0.283. The smallest absolute Gasteiger partial charge is 0.156 e. The molecule has 5 nitrogen and oxygen atoms in total. The maximum Gasteiger partial charge on any atom is 0.156 e. The van der Waals surface area contributed by atoms with Crippen LogP contribution in [0.3, 0.4) is 0 Å². The van der Waals surface area contributed by atoms with Gasteiger partial charge in [0.2, 0.25) is 0 Å². The van der Waals surface area contributed by atoms with Crippen molar-refractivity contribution in [1.82, 2.24) is 9.78 Å². The highest BCUT2D eigenvalue weighted by Gasteiger charge is 2.15. The number of benzene rings is 3. The van der Waals surface area contributed by atoms with Crippen LogP contribution in [0.4, 0.5) is 14.5 Å². The van der Waals surface area contributed by atoms with Gasteiger partial charge in [0, 0.05) is 23.2 Å². The lowest BCUT2D eigenvalue weighted by molar-refractivity contribution is 0.585. The fourth-order valence-corrected chi connectivity index (χ4v) is 3.24. The van der Waals surface area contributed by atoms with E-state index in [0.717, 1.165) is 28.8 Å². The molecule has 0 saturated heterocycles. The van der Waals surface area contributed by atoms with Crippen LogP contribution in [0.2, 0.25) is 0 Å². The molecule has 5 aromatic rings. The highest BCUT2D eigenvalue weighted by Crippen LogP contribution is 2.29. The minimum Gasteiger partial charge on any atom is -0.454 e. The number of nitrogens with one attached hydrogen (secondary N) is 1. The summed E-state index contributed by atoms with van der Waals surface area (Å²) in [7, 11) is 0. The van der Waals surface area contributed by atoms with E-state index in [1.54, 1.807) is 4.68 Å². The van der Waals surface area contributed by atoms with Gasteiger partial charge in [-0.05, 0) is 36.4 Å². The fourth-order valence-electron chi connectivity index (χ4n) is 3.24. The largest absolute Gasteiger partial charge is 0.454 e. The molecule has 3 aromatic carbocycles. The Morgan fingerprint density at radius 1 is 0.935 bits per heavy atom. The van der Waals surface area contributed by atoms with Gasteiger partial charge in [0.25, 0.3) is 0 Å². The Morgan fingerprint density at radius 3 is 2.55 bits per heavy atom. The third-order valence-electron chi connectivity index (χ3n) is 4.74. The van der Waals surface area contributed by atoms with Crippen LogP contribution in [0.5, 0.6) is 0 Å².